The fraction of sp³-hybridized carbons (Fsp3) is 0.381. The van der Waals surface area contributed by atoms with Crippen molar-refractivity contribution in [1.29, 1.82) is 0 Å². The molecule has 0 aromatic heterocycles. The van der Waals surface area contributed by atoms with Crippen molar-refractivity contribution in [3.05, 3.63) is 64.2 Å². The maximum atomic E-state index is 11.9. The molecule has 0 aliphatic carbocycles. The summed E-state index contributed by atoms with van der Waals surface area (Å²) in [4.78, 5) is 27.0. The highest BCUT2D eigenvalue weighted by molar-refractivity contribution is 5.76. The lowest BCUT2D eigenvalue weighted by Crippen LogP contribution is -2.48. The molecule has 0 unspecified atom stereocenters. The summed E-state index contributed by atoms with van der Waals surface area (Å²) in [5.74, 6) is 0.169. The molecule has 7 heteroatoms. The van der Waals surface area contributed by atoms with Crippen molar-refractivity contribution in [1.82, 2.24) is 4.90 Å². The Balaban J connectivity index is 1.78. The zero-order valence-electron chi connectivity index (χ0n) is 16.3. The van der Waals surface area contributed by atoms with Gasteiger partial charge in [-0.15, -0.1) is 0 Å². The molecule has 0 radical (unpaired) electrons. The van der Waals surface area contributed by atoms with Crippen molar-refractivity contribution in [2.45, 2.75) is 26.3 Å². The molecule has 1 heterocycles. The van der Waals surface area contributed by atoms with Crippen LogP contribution in [-0.4, -0.2) is 41.9 Å². The number of nitro groups is 1. The third kappa shape index (κ3) is 4.42. The molecule has 3 rings (SSSR count). The van der Waals surface area contributed by atoms with Crippen LogP contribution in [0.2, 0.25) is 0 Å². The maximum Gasteiger partial charge on any atom is 0.292 e. The number of piperazine rings is 1. The van der Waals surface area contributed by atoms with E-state index in [2.05, 4.69) is 10.2 Å². The summed E-state index contributed by atoms with van der Waals surface area (Å²) in [7, 11) is 0. The van der Waals surface area contributed by atoms with Crippen LogP contribution in [0.4, 0.5) is 17.1 Å². The Labute approximate surface area is 165 Å². The number of nitrogens with one attached hydrogen (secondary N) is 1. The van der Waals surface area contributed by atoms with E-state index < -0.39 is 0 Å². The number of nitrogens with zero attached hydrogens (tertiary/aromatic N) is 3. The van der Waals surface area contributed by atoms with Gasteiger partial charge in [0.2, 0.25) is 5.91 Å². The first-order valence-electron chi connectivity index (χ1n) is 9.62. The summed E-state index contributed by atoms with van der Waals surface area (Å²) in [5, 5.41) is 14.8. The Morgan fingerprint density at radius 1 is 1.14 bits per heavy atom. The van der Waals surface area contributed by atoms with Crippen LogP contribution in [0, 0.1) is 10.1 Å². The Morgan fingerprint density at radius 3 is 2.43 bits per heavy atom. The van der Waals surface area contributed by atoms with E-state index in [1.807, 2.05) is 55.1 Å². The molecule has 1 fully saturated rings. The number of hydrogen-bond acceptors (Lipinski definition) is 5. The second-order valence-corrected chi connectivity index (χ2v) is 6.96. The van der Waals surface area contributed by atoms with E-state index >= 15 is 0 Å². The van der Waals surface area contributed by atoms with Crippen molar-refractivity contribution in [2.24, 2.45) is 0 Å². The van der Waals surface area contributed by atoms with Crippen LogP contribution in [0.3, 0.4) is 0 Å². The first-order valence-corrected chi connectivity index (χ1v) is 9.62. The molecule has 1 amide bonds. The number of carbonyl (C=O) groups excluding carboxylic acids is 1. The van der Waals surface area contributed by atoms with Crippen molar-refractivity contribution in [3.8, 4) is 0 Å². The molecule has 0 bridgehead atoms. The summed E-state index contributed by atoms with van der Waals surface area (Å²) >= 11 is 0. The van der Waals surface area contributed by atoms with Gasteiger partial charge < -0.3 is 15.1 Å². The summed E-state index contributed by atoms with van der Waals surface area (Å²) in [6, 6.07) is 15.0. The summed E-state index contributed by atoms with van der Waals surface area (Å²) in [5.41, 5.74) is 2.56. The molecular formula is C21H26N4O3. The number of carbonyl (C=O) groups is 1. The number of anilines is 2. The quantitative estimate of drug-likeness (QED) is 0.607. The van der Waals surface area contributed by atoms with Crippen molar-refractivity contribution in [3.63, 3.8) is 0 Å². The second kappa shape index (κ2) is 8.73. The zero-order chi connectivity index (χ0) is 20.1. The van der Waals surface area contributed by atoms with Gasteiger partial charge in [-0.25, -0.2) is 0 Å². The Hall–Kier alpha value is -3.09. The molecule has 1 N–H and O–H groups in total. The average molecular weight is 382 g/mol. The number of hydrogen-bond donors (Lipinski definition) is 1. The lowest BCUT2D eigenvalue weighted by Gasteiger charge is -2.36. The molecule has 0 saturated carbocycles. The number of rotatable bonds is 6. The van der Waals surface area contributed by atoms with Gasteiger partial charge in [-0.3, -0.25) is 14.9 Å². The van der Waals surface area contributed by atoms with E-state index in [0.29, 0.717) is 25.2 Å². The monoisotopic (exact) mass is 382 g/mol. The van der Waals surface area contributed by atoms with Crippen molar-refractivity contribution in [2.75, 3.05) is 36.4 Å². The topological polar surface area (TPSA) is 78.7 Å². The number of benzene rings is 2. The minimum atomic E-state index is -0.359. The van der Waals surface area contributed by atoms with E-state index in [4.69, 9.17) is 0 Å². The molecule has 7 nitrogen and oxygen atoms in total. The highest BCUT2D eigenvalue weighted by Crippen LogP contribution is 2.32. The largest absolute Gasteiger partial charge is 0.373 e. The van der Waals surface area contributed by atoms with Gasteiger partial charge in [-0.1, -0.05) is 37.3 Å². The van der Waals surface area contributed by atoms with E-state index in [0.717, 1.165) is 24.3 Å². The highest BCUT2D eigenvalue weighted by Gasteiger charge is 2.23. The summed E-state index contributed by atoms with van der Waals surface area (Å²) < 4.78 is 0. The Kier molecular flexibility index (Phi) is 6.13. The molecule has 2 aromatic carbocycles. The van der Waals surface area contributed by atoms with Gasteiger partial charge >= 0.3 is 0 Å². The van der Waals surface area contributed by atoms with E-state index in [9.17, 15) is 14.9 Å². The minimum Gasteiger partial charge on any atom is -0.373 e. The van der Waals surface area contributed by atoms with Gasteiger partial charge in [0.05, 0.1) is 4.92 Å². The van der Waals surface area contributed by atoms with Gasteiger partial charge in [0.15, 0.2) is 0 Å². The first-order chi connectivity index (χ1) is 13.5. The summed E-state index contributed by atoms with van der Waals surface area (Å²) in [6.45, 7) is 6.64. The SMILES string of the molecule is CCC(=O)N1CCN(c2ccc([N+](=O)[O-])c(N[C@@H](C)c3ccccc3)c2)CC1. The van der Waals surface area contributed by atoms with Crippen LogP contribution in [-0.2, 0) is 4.79 Å². The smallest absolute Gasteiger partial charge is 0.292 e. The van der Waals surface area contributed by atoms with E-state index in [-0.39, 0.29) is 22.6 Å². The van der Waals surface area contributed by atoms with Crippen molar-refractivity contribution >= 4 is 23.0 Å². The van der Waals surface area contributed by atoms with Gasteiger partial charge in [0.25, 0.3) is 5.69 Å². The van der Waals surface area contributed by atoms with Crippen LogP contribution >= 0.6 is 0 Å². The maximum absolute atomic E-state index is 11.9. The van der Waals surface area contributed by atoms with Crippen LogP contribution in [0.15, 0.2) is 48.5 Å². The lowest BCUT2D eigenvalue weighted by atomic mass is 10.1. The molecular weight excluding hydrogens is 356 g/mol. The second-order valence-electron chi connectivity index (χ2n) is 6.96. The summed E-state index contributed by atoms with van der Waals surface area (Å²) in [6.07, 6.45) is 0.517. The van der Waals surface area contributed by atoms with Crippen molar-refractivity contribution < 1.29 is 9.72 Å². The lowest BCUT2D eigenvalue weighted by molar-refractivity contribution is -0.384. The standard InChI is InChI=1S/C21H26N4O3/c1-3-21(26)24-13-11-23(12-14-24)18-9-10-20(25(27)28)19(15-18)22-16(2)17-7-5-4-6-8-17/h4-10,15-16,22H,3,11-14H2,1-2H3/t16-/m0/s1. The fourth-order valence-corrected chi connectivity index (χ4v) is 3.49. The highest BCUT2D eigenvalue weighted by atomic mass is 16.6. The normalized spacial score (nSPS) is 15.2. The molecule has 1 saturated heterocycles. The van der Waals surface area contributed by atoms with Crippen LogP contribution in [0.1, 0.15) is 31.9 Å². The van der Waals surface area contributed by atoms with Gasteiger partial charge in [-0.2, -0.15) is 0 Å². The molecule has 2 aromatic rings. The minimum absolute atomic E-state index is 0.0610. The molecule has 28 heavy (non-hydrogen) atoms. The van der Waals surface area contributed by atoms with E-state index in [1.165, 1.54) is 0 Å². The third-order valence-electron chi connectivity index (χ3n) is 5.15. The molecule has 1 aliphatic rings. The van der Waals surface area contributed by atoms with Gasteiger partial charge in [-0.05, 0) is 24.6 Å². The van der Waals surface area contributed by atoms with Gasteiger partial charge in [0, 0.05) is 50.4 Å². The first kappa shape index (κ1) is 19.7. The predicted molar refractivity (Wildman–Crippen MR) is 111 cm³/mol. The van der Waals surface area contributed by atoms with Gasteiger partial charge in [0.1, 0.15) is 5.69 Å². The molecule has 1 aliphatic heterocycles. The predicted octanol–water partition coefficient (Wildman–Crippen LogP) is 3.83. The fourth-order valence-electron chi connectivity index (χ4n) is 3.49. The number of nitro benzene ring substituents is 1. The Bertz CT molecular complexity index is 833. The number of amides is 1. The van der Waals surface area contributed by atoms with E-state index in [1.54, 1.807) is 12.1 Å². The zero-order valence-corrected chi connectivity index (χ0v) is 16.3. The molecule has 0 spiro atoms. The average Bonchev–Trinajstić information content (AvgIpc) is 2.73. The molecule has 148 valence electrons. The molecule has 1 atom stereocenters. The van der Waals surface area contributed by atoms with Crippen LogP contribution in [0.5, 0.6) is 0 Å². The van der Waals surface area contributed by atoms with Crippen LogP contribution in [0.25, 0.3) is 0 Å². The third-order valence-corrected chi connectivity index (χ3v) is 5.15. The van der Waals surface area contributed by atoms with Crippen LogP contribution < -0.4 is 10.2 Å². The Morgan fingerprint density at radius 2 is 1.82 bits per heavy atom.